The highest BCUT2D eigenvalue weighted by atomic mass is 35.5. The van der Waals surface area contributed by atoms with Crippen LogP contribution in [0.2, 0.25) is 4.47 Å². The number of thiazole rings is 1. The Hall–Kier alpha value is -0.120. The monoisotopic (exact) mass is 272 g/mol. The maximum Gasteiger partial charge on any atom is 0.183 e. The molecule has 1 aromatic rings. The van der Waals surface area contributed by atoms with Gasteiger partial charge in [0.05, 0.1) is 0 Å². The van der Waals surface area contributed by atoms with Crippen LogP contribution in [0.15, 0.2) is 6.20 Å². The van der Waals surface area contributed by atoms with E-state index >= 15 is 0 Å². The van der Waals surface area contributed by atoms with Gasteiger partial charge in [-0.1, -0.05) is 38.3 Å². The van der Waals surface area contributed by atoms with Gasteiger partial charge < -0.3 is 5.32 Å². The van der Waals surface area contributed by atoms with Crippen LogP contribution >= 0.6 is 22.9 Å². The standard InChI is InChI=1S/C13H21ClN2S/c1-9(2)11-5-3-4-6-12(11)15-7-10-8-16-13(14)17-10/h8-9,11-12,15H,3-7H2,1-2H3/t11-,12+/m0/s1. The van der Waals surface area contributed by atoms with Crippen LogP contribution in [0.5, 0.6) is 0 Å². The lowest BCUT2D eigenvalue weighted by atomic mass is 9.78. The van der Waals surface area contributed by atoms with Crippen LogP contribution in [0.3, 0.4) is 0 Å². The number of rotatable bonds is 4. The fourth-order valence-electron chi connectivity index (χ4n) is 2.81. The van der Waals surface area contributed by atoms with E-state index in [0.29, 0.717) is 10.5 Å². The summed E-state index contributed by atoms with van der Waals surface area (Å²) < 4.78 is 0.644. The van der Waals surface area contributed by atoms with E-state index in [1.807, 2.05) is 6.20 Å². The second-order valence-electron chi connectivity index (χ2n) is 5.26. The molecular weight excluding hydrogens is 252 g/mol. The van der Waals surface area contributed by atoms with Gasteiger partial charge in [-0.15, -0.1) is 11.3 Å². The van der Waals surface area contributed by atoms with Crippen LogP contribution in [-0.4, -0.2) is 11.0 Å². The molecule has 1 saturated carbocycles. The molecule has 1 aromatic heterocycles. The highest BCUT2D eigenvalue weighted by Crippen LogP contribution is 2.30. The SMILES string of the molecule is CC(C)[C@@H]1CCCC[C@H]1NCc1cnc(Cl)s1. The molecule has 1 aliphatic carbocycles. The molecule has 0 bridgehead atoms. The molecule has 96 valence electrons. The van der Waals surface area contributed by atoms with Crippen LogP contribution in [0.1, 0.15) is 44.4 Å². The first kappa shape index (κ1) is 13.3. The Labute approximate surface area is 113 Å². The largest absolute Gasteiger partial charge is 0.309 e. The minimum Gasteiger partial charge on any atom is -0.309 e. The number of hydrogen-bond donors (Lipinski definition) is 1. The van der Waals surface area contributed by atoms with Gasteiger partial charge in [-0.2, -0.15) is 0 Å². The lowest BCUT2D eigenvalue weighted by Crippen LogP contribution is -2.40. The Morgan fingerprint density at radius 2 is 2.24 bits per heavy atom. The van der Waals surface area contributed by atoms with E-state index in [1.54, 1.807) is 11.3 Å². The molecule has 1 N–H and O–H groups in total. The Balaban J connectivity index is 1.88. The summed E-state index contributed by atoms with van der Waals surface area (Å²) in [6.45, 7) is 5.60. The lowest BCUT2D eigenvalue weighted by molar-refractivity contribution is 0.205. The molecule has 0 radical (unpaired) electrons. The van der Waals surface area contributed by atoms with Crippen molar-refractivity contribution in [2.45, 2.75) is 52.1 Å². The number of nitrogens with one attached hydrogen (secondary N) is 1. The molecule has 2 atom stereocenters. The van der Waals surface area contributed by atoms with Gasteiger partial charge in [0.15, 0.2) is 4.47 Å². The number of hydrogen-bond acceptors (Lipinski definition) is 3. The predicted octanol–water partition coefficient (Wildman–Crippen LogP) is 4.10. The molecule has 2 nitrogen and oxygen atoms in total. The van der Waals surface area contributed by atoms with Crippen molar-refractivity contribution in [2.75, 3.05) is 0 Å². The van der Waals surface area contributed by atoms with Gasteiger partial charge in [-0.05, 0) is 24.7 Å². The van der Waals surface area contributed by atoms with Crippen LogP contribution in [0.4, 0.5) is 0 Å². The van der Waals surface area contributed by atoms with Crippen LogP contribution in [0.25, 0.3) is 0 Å². The molecule has 0 spiro atoms. The molecule has 17 heavy (non-hydrogen) atoms. The molecule has 0 saturated heterocycles. The zero-order valence-electron chi connectivity index (χ0n) is 10.6. The van der Waals surface area contributed by atoms with Crippen molar-refractivity contribution in [3.05, 3.63) is 15.5 Å². The second kappa shape index (κ2) is 6.17. The average molecular weight is 273 g/mol. The van der Waals surface area contributed by atoms with Crippen molar-refractivity contribution in [3.63, 3.8) is 0 Å². The zero-order chi connectivity index (χ0) is 12.3. The molecular formula is C13H21ClN2S. The van der Waals surface area contributed by atoms with Crippen molar-refractivity contribution in [1.29, 1.82) is 0 Å². The summed E-state index contributed by atoms with van der Waals surface area (Å²) in [6, 6.07) is 0.671. The molecule has 1 fully saturated rings. The van der Waals surface area contributed by atoms with E-state index in [9.17, 15) is 0 Å². The highest BCUT2D eigenvalue weighted by molar-refractivity contribution is 7.15. The van der Waals surface area contributed by atoms with E-state index in [4.69, 9.17) is 11.6 Å². The molecule has 0 aliphatic heterocycles. The van der Waals surface area contributed by atoms with E-state index in [-0.39, 0.29) is 0 Å². The average Bonchev–Trinajstić information content (AvgIpc) is 2.73. The molecule has 0 aromatic carbocycles. The molecule has 1 heterocycles. The minimum atomic E-state index is 0.644. The third-order valence-electron chi connectivity index (χ3n) is 3.74. The topological polar surface area (TPSA) is 24.9 Å². The Morgan fingerprint density at radius 1 is 1.47 bits per heavy atom. The predicted molar refractivity (Wildman–Crippen MR) is 74.5 cm³/mol. The summed E-state index contributed by atoms with van der Waals surface area (Å²) in [5.41, 5.74) is 0. The fourth-order valence-corrected chi connectivity index (χ4v) is 3.74. The van der Waals surface area contributed by atoms with E-state index < -0.39 is 0 Å². The Kier molecular flexibility index (Phi) is 4.83. The third-order valence-corrected chi connectivity index (χ3v) is 4.85. The van der Waals surface area contributed by atoms with E-state index in [0.717, 1.165) is 18.4 Å². The molecule has 2 rings (SSSR count). The van der Waals surface area contributed by atoms with Crippen molar-refractivity contribution >= 4 is 22.9 Å². The third kappa shape index (κ3) is 3.67. The quantitative estimate of drug-likeness (QED) is 0.893. The number of aromatic nitrogens is 1. The number of halogens is 1. The first-order chi connectivity index (χ1) is 8.16. The maximum atomic E-state index is 5.84. The summed E-state index contributed by atoms with van der Waals surface area (Å²) in [5, 5.41) is 3.69. The summed E-state index contributed by atoms with van der Waals surface area (Å²) in [7, 11) is 0. The smallest absolute Gasteiger partial charge is 0.183 e. The zero-order valence-corrected chi connectivity index (χ0v) is 12.2. The van der Waals surface area contributed by atoms with Crippen molar-refractivity contribution in [2.24, 2.45) is 11.8 Å². The molecule has 0 unspecified atom stereocenters. The van der Waals surface area contributed by atoms with Crippen LogP contribution in [0, 0.1) is 11.8 Å². The summed E-state index contributed by atoms with van der Waals surface area (Å²) in [5.74, 6) is 1.60. The summed E-state index contributed by atoms with van der Waals surface area (Å²) in [6.07, 6.45) is 7.33. The van der Waals surface area contributed by atoms with E-state index in [1.165, 1.54) is 30.6 Å². The molecule has 0 amide bonds. The highest BCUT2D eigenvalue weighted by Gasteiger charge is 2.26. The van der Waals surface area contributed by atoms with Gasteiger partial charge in [0.1, 0.15) is 0 Å². The van der Waals surface area contributed by atoms with Crippen LogP contribution in [-0.2, 0) is 6.54 Å². The fraction of sp³-hybridized carbons (Fsp3) is 0.769. The maximum absolute atomic E-state index is 5.84. The molecule has 1 aliphatic rings. The van der Waals surface area contributed by atoms with Crippen molar-refractivity contribution < 1.29 is 0 Å². The van der Waals surface area contributed by atoms with Gasteiger partial charge in [0.25, 0.3) is 0 Å². The van der Waals surface area contributed by atoms with Gasteiger partial charge in [-0.25, -0.2) is 4.98 Å². The summed E-state index contributed by atoms with van der Waals surface area (Å²) >= 11 is 7.42. The van der Waals surface area contributed by atoms with Crippen LogP contribution < -0.4 is 5.32 Å². The minimum absolute atomic E-state index is 0.644. The van der Waals surface area contributed by atoms with Gasteiger partial charge >= 0.3 is 0 Å². The van der Waals surface area contributed by atoms with Crippen molar-refractivity contribution in [3.8, 4) is 0 Å². The van der Waals surface area contributed by atoms with Gasteiger partial charge in [0, 0.05) is 23.7 Å². The Morgan fingerprint density at radius 3 is 2.88 bits per heavy atom. The van der Waals surface area contributed by atoms with Gasteiger partial charge in [0.2, 0.25) is 0 Å². The first-order valence-corrected chi connectivity index (χ1v) is 7.70. The first-order valence-electron chi connectivity index (χ1n) is 6.50. The Bertz CT molecular complexity index is 351. The normalized spacial score (nSPS) is 25.4. The van der Waals surface area contributed by atoms with E-state index in [2.05, 4.69) is 24.1 Å². The second-order valence-corrected chi connectivity index (χ2v) is 6.96. The lowest BCUT2D eigenvalue weighted by Gasteiger charge is -2.35. The summed E-state index contributed by atoms with van der Waals surface area (Å²) in [4.78, 5) is 5.32. The van der Waals surface area contributed by atoms with Gasteiger partial charge in [-0.3, -0.25) is 0 Å². The van der Waals surface area contributed by atoms with Crippen molar-refractivity contribution in [1.82, 2.24) is 10.3 Å². The number of nitrogens with zero attached hydrogens (tertiary/aromatic N) is 1. The molecule has 4 heteroatoms.